The van der Waals surface area contributed by atoms with E-state index in [1.165, 1.54) is 7.11 Å². The molecule has 0 amide bonds. The Morgan fingerprint density at radius 2 is 1.93 bits per heavy atom. The predicted octanol–water partition coefficient (Wildman–Crippen LogP) is 1.000. The summed E-state index contributed by atoms with van der Waals surface area (Å²) in [6.45, 7) is 2.11. The van der Waals surface area contributed by atoms with Crippen LogP contribution < -0.4 is 4.72 Å². The van der Waals surface area contributed by atoms with E-state index >= 15 is 0 Å². The maximum absolute atomic E-state index is 11.8. The van der Waals surface area contributed by atoms with Crippen molar-refractivity contribution in [2.75, 3.05) is 13.7 Å². The van der Waals surface area contributed by atoms with Crippen LogP contribution in [0.5, 0.6) is 0 Å². The van der Waals surface area contributed by atoms with Crippen LogP contribution in [0.25, 0.3) is 0 Å². The number of rotatable bonds is 5. The fourth-order valence-electron chi connectivity index (χ4n) is 1.22. The summed E-state index contributed by atoms with van der Waals surface area (Å²) in [5.74, 6) is 0. The zero-order valence-electron chi connectivity index (χ0n) is 8.80. The molecule has 0 unspecified atom stereocenters. The summed E-state index contributed by atoms with van der Waals surface area (Å²) in [7, 11) is -1.88. The average Bonchev–Trinajstić information content (AvgIpc) is 2.18. The molecule has 0 aliphatic heterocycles. The monoisotopic (exact) mass is 229 g/mol. The van der Waals surface area contributed by atoms with Crippen LogP contribution in [0.1, 0.15) is 6.92 Å². The summed E-state index contributed by atoms with van der Waals surface area (Å²) in [5, 5.41) is 0. The molecule has 0 aliphatic rings. The molecule has 0 radical (unpaired) electrons. The molecule has 15 heavy (non-hydrogen) atoms. The van der Waals surface area contributed by atoms with E-state index < -0.39 is 10.0 Å². The van der Waals surface area contributed by atoms with Crippen LogP contribution in [0.2, 0.25) is 0 Å². The highest BCUT2D eigenvalue weighted by Crippen LogP contribution is 2.07. The van der Waals surface area contributed by atoms with E-state index in [0.717, 1.165) is 0 Å². The number of benzene rings is 1. The third-order valence-corrected chi connectivity index (χ3v) is 3.43. The highest BCUT2D eigenvalue weighted by molar-refractivity contribution is 7.89. The molecule has 4 nitrogen and oxygen atoms in total. The van der Waals surface area contributed by atoms with E-state index in [1.807, 2.05) is 0 Å². The summed E-state index contributed by atoms with van der Waals surface area (Å²) in [6.07, 6.45) is 0. The van der Waals surface area contributed by atoms with E-state index in [1.54, 1.807) is 37.3 Å². The van der Waals surface area contributed by atoms with Crippen molar-refractivity contribution < 1.29 is 13.2 Å². The molecule has 1 aromatic rings. The molecule has 0 bridgehead atoms. The van der Waals surface area contributed by atoms with Gasteiger partial charge in [0.1, 0.15) is 0 Å². The van der Waals surface area contributed by atoms with Crippen molar-refractivity contribution in [3.8, 4) is 0 Å². The van der Waals surface area contributed by atoms with Crippen molar-refractivity contribution >= 4 is 10.0 Å². The molecule has 0 spiro atoms. The van der Waals surface area contributed by atoms with E-state index in [-0.39, 0.29) is 10.9 Å². The van der Waals surface area contributed by atoms with Gasteiger partial charge in [0.05, 0.1) is 11.5 Å². The van der Waals surface area contributed by atoms with Crippen molar-refractivity contribution in [3.63, 3.8) is 0 Å². The van der Waals surface area contributed by atoms with Crippen LogP contribution in [-0.4, -0.2) is 28.2 Å². The van der Waals surface area contributed by atoms with Gasteiger partial charge in [-0.3, -0.25) is 0 Å². The van der Waals surface area contributed by atoms with E-state index in [2.05, 4.69) is 4.72 Å². The van der Waals surface area contributed by atoms with E-state index in [4.69, 9.17) is 4.74 Å². The van der Waals surface area contributed by atoms with Crippen molar-refractivity contribution in [2.45, 2.75) is 17.9 Å². The molecule has 1 N–H and O–H groups in total. The van der Waals surface area contributed by atoms with Gasteiger partial charge < -0.3 is 4.74 Å². The molecule has 0 aliphatic carbocycles. The SMILES string of the molecule is COC[C@@H](C)NS(=O)(=O)c1ccccc1. The third kappa shape index (κ3) is 3.62. The molecule has 5 heteroatoms. The quantitative estimate of drug-likeness (QED) is 0.819. The molecule has 84 valence electrons. The standard InChI is InChI=1S/C10H15NO3S/c1-9(8-14-2)11-15(12,13)10-6-4-3-5-7-10/h3-7,9,11H,8H2,1-2H3/t9-/m1/s1. The summed E-state index contributed by atoms with van der Waals surface area (Å²) < 4.78 is 30.9. The van der Waals surface area contributed by atoms with Crippen molar-refractivity contribution in [1.82, 2.24) is 4.72 Å². The predicted molar refractivity (Wildman–Crippen MR) is 58.1 cm³/mol. The van der Waals surface area contributed by atoms with E-state index in [9.17, 15) is 8.42 Å². The second kappa shape index (κ2) is 5.25. The fourth-order valence-corrected chi connectivity index (χ4v) is 2.47. The minimum atomic E-state index is -3.41. The lowest BCUT2D eigenvalue weighted by molar-refractivity contribution is 0.180. The maximum Gasteiger partial charge on any atom is 0.240 e. The summed E-state index contributed by atoms with van der Waals surface area (Å²) >= 11 is 0. The first kappa shape index (κ1) is 12.2. The number of hydrogen-bond acceptors (Lipinski definition) is 3. The number of methoxy groups -OCH3 is 1. The van der Waals surface area contributed by atoms with Gasteiger partial charge in [-0.2, -0.15) is 0 Å². The van der Waals surface area contributed by atoms with Crippen LogP contribution in [0.4, 0.5) is 0 Å². The highest BCUT2D eigenvalue weighted by Gasteiger charge is 2.16. The van der Waals surface area contributed by atoms with Gasteiger partial charge in [0.15, 0.2) is 0 Å². The van der Waals surface area contributed by atoms with Crippen molar-refractivity contribution in [2.24, 2.45) is 0 Å². The topological polar surface area (TPSA) is 55.4 Å². The minimum absolute atomic E-state index is 0.236. The van der Waals surface area contributed by atoms with Crippen LogP contribution in [-0.2, 0) is 14.8 Å². The Balaban J connectivity index is 2.77. The molecule has 0 saturated carbocycles. The lowest BCUT2D eigenvalue weighted by atomic mass is 10.4. The normalized spacial score (nSPS) is 13.7. The molecule has 0 fully saturated rings. The van der Waals surface area contributed by atoms with Gasteiger partial charge in [-0.15, -0.1) is 0 Å². The molecule has 1 aromatic carbocycles. The molecule has 0 aromatic heterocycles. The van der Waals surface area contributed by atoms with Gasteiger partial charge in [0, 0.05) is 13.2 Å². The average molecular weight is 229 g/mol. The lowest BCUT2D eigenvalue weighted by Crippen LogP contribution is -2.35. The first-order valence-electron chi connectivity index (χ1n) is 4.62. The Hall–Kier alpha value is -0.910. The van der Waals surface area contributed by atoms with Gasteiger partial charge in [-0.1, -0.05) is 18.2 Å². The van der Waals surface area contributed by atoms with Crippen molar-refractivity contribution in [1.29, 1.82) is 0 Å². The van der Waals surface area contributed by atoms with Gasteiger partial charge in [-0.05, 0) is 19.1 Å². The zero-order chi connectivity index (χ0) is 11.3. The van der Waals surface area contributed by atoms with Crippen molar-refractivity contribution in [3.05, 3.63) is 30.3 Å². The lowest BCUT2D eigenvalue weighted by Gasteiger charge is -2.12. The van der Waals surface area contributed by atoms with Crippen LogP contribution in [0.3, 0.4) is 0 Å². The molecule has 0 heterocycles. The number of sulfonamides is 1. The zero-order valence-corrected chi connectivity index (χ0v) is 9.62. The number of ether oxygens (including phenoxy) is 1. The number of hydrogen-bond donors (Lipinski definition) is 1. The summed E-state index contributed by atoms with van der Waals surface area (Å²) in [5.41, 5.74) is 0. The first-order valence-corrected chi connectivity index (χ1v) is 6.11. The van der Waals surface area contributed by atoms with Crippen LogP contribution in [0.15, 0.2) is 35.2 Å². The molecule has 0 saturated heterocycles. The van der Waals surface area contributed by atoms with Gasteiger partial charge >= 0.3 is 0 Å². The fraction of sp³-hybridized carbons (Fsp3) is 0.400. The Kier molecular flexibility index (Phi) is 4.26. The van der Waals surface area contributed by atoms with Gasteiger partial charge in [-0.25, -0.2) is 13.1 Å². The smallest absolute Gasteiger partial charge is 0.240 e. The van der Waals surface area contributed by atoms with Gasteiger partial charge in [0.25, 0.3) is 0 Å². The second-order valence-corrected chi connectivity index (χ2v) is 5.00. The first-order chi connectivity index (χ1) is 7.06. The third-order valence-electron chi connectivity index (χ3n) is 1.83. The molecular weight excluding hydrogens is 214 g/mol. The summed E-state index contributed by atoms with van der Waals surface area (Å²) in [4.78, 5) is 0.271. The maximum atomic E-state index is 11.8. The Labute approximate surface area is 90.3 Å². The number of nitrogens with one attached hydrogen (secondary N) is 1. The Morgan fingerprint density at radius 1 is 1.33 bits per heavy atom. The Bertz CT molecular complexity index is 388. The largest absolute Gasteiger partial charge is 0.383 e. The summed E-state index contributed by atoms with van der Waals surface area (Å²) in [6, 6.07) is 8.03. The molecule has 1 rings (SSSR count). The van der Waals surface area contributed by atoms with E-state index in [0.29, 0.717) is 6.61 Å². The second-order valence-electron chi connectivity index (χ2n) is 3.29. The Morgan fingerprint density at radius 3 is 2.47 bits per heavy atom. The van der Waals surface area contributed by atoms with Gasteiger partial charge in [0.2, 0.25) is 10.0 Å². The molecule has 1 atom stereocenters. The van der Waals surface area contributed by atoms with Crippen LogP contribution >= 0.6 is 0 Å². The highest BCUT2D eigenvalue weighted by atomic mass is 32.2. The minimum Gasteiger partial charge on any atom is -0.383 e. The molecular formula is C10H15NO3S. The van der Waals surface area contributed by atoms with Crippen LogP contribution in [0, 0.1) is 0 Å².